The molecule has 92 valence electrons. The second-order valence-electron chi connectivity index (χ2n) is 4.41. The Hall–Kier alpha value is -2.09. The second kappa shape index (κ2) is 5.50. The van der Waals surface area contributed by atoms with Crippen molar-refractivity contribution in [2.45, 2.75) is 20.4 Å². The van der Waals surface area contributed by atoms with Crippen LogP contribution < -0.4 is 10.3 Å². The van der Waals surface area contributed by atoms with E-state index in [2.05, 4.69) is 49.0 Å². The Bertz CT molecular complexity index is 536. The molecule has 0 aliphatic rings. The molecule has 0 unspecified atom stereocenters. The van der Waals surface area contributed by atoms with Gasteiger partial charge < -0.3 is 5.73 Å². The van der Waals surface area contributed by atoms with Crippen LogP contribution in [0.2, 0.25) is 0 Å². The third-order valence-electron chi connectivity index (χ3n) is 3.03. The molecule has 0 amide bonds. The molecule has 0 radical (unpaired) electrons. The highest BCUT2D eigenvalue weighted by Crippen LogP contribution is 2.17. The number of aromatic nitrogens is 1. The lowest BCUT2D eigenvalue weighted by molar-refractivity contribution is -0.693. The number of rotatable bonds is 3. The molecule has 0 bridgehead atoms. The molecule has 0 aliphatic carbocycles. The maximum Gasteiger partial charge on any atom is 0.169 e. The Balaban J connectivity index is 2.23. The van der Waals surface area contributed by atoms with Crippen molar-refractivity contribution in [3.8, 4) is 0 Å². The van der Waals surface area contributed by atoms with Crippen molar-refractivity contribution in [1.29, 1.82) is 0 Å². The quantitative estimate of drug-likeness (QED) is 0.647. The van der Waals surface area contributed by atoms with Crippen molar-refractivity contribution in [2.24, 2.45) is 0 Å². The first-order chi connectivity index (χ1) is 8.69. The Morgan fingerprint density at radius 3 is 2.28 bits per heavy atom. The van der Waals surface area contributed by atoms with Gasteiger partial charge in [-0.3, -0.25) is 0 Å². The number of aryl methyl sites for hydroxylation is 1. The third kappa shape index (κ3) is 2.98. The number of nitrogens with two attached hydrogens (primary N) is 1. The lowest BCUT2D eigenvalue weighted by Crippen LogP contribution is -2.30. The summed E-state index contributed by atoms with van der Waals surface area (Å²) in [6.07, 6.45) is 6.39. The van der Waals surface area contributed by atoms with Crippen LogP contribution in [0.5, 0.6) is 0 Å². The molecule has 2 heteroatoms. The van der Waals surface area contributed by atoms with Crippen LogP contribution in [0.4, 0.5) is 5.69 Å². The van der Waals surface area contributed by atoms with Crippen LogP contribution >= 0.6 is 0 Å². The molecular weight excluding hydrogens is 220 g/mol. The molecule has 2 N–H and O–H groups in total. The minimum atomic E-state index is 0.800. The Morgan fingerprint density at radius 2 is 1.72 bits per heavy atom. The van der Waals surface area contributed by atoms with Crippen LogP contribution in [0.1, 0.15) is 25.0 Å². The van der Waals surface area contributed by atoms with Gasteiger partial charge in [-0.1, -0.05) is 18.2 Å². The van der Waals surface area contributed by atoms with Crippen molar-refractivity contribution in [1.82, 2.24) is 0 Å². The fourth-order valence-electron chi connectivity index (χ4n) is 1.86. The molecular formula is C16H19N2+. The van der Waals surface area contributed by atoms with E-state index in [0.29, 0.717) is 0 Å². The van der Waals surface area contributed by atoms with Crippen LogP contribution in [0.25, 0.3) is 11.6 Å². The SMILES string of the molecule is CC[n+]1ccc(/C(C)=C/c2ccc(N)cc2)cc1. The highest BCUT2D eigenvalue weighted by Gasteiger charge is 2.00. The van der Waals surface area contributed by atoms with Crippen LogP contribution in [-0.4, -0.2) is 0 Å². The van der Waals surface area contributed by atoms with Gasteiger partial charge in [-0.15, -0.1) is 0 Å². The summed E-state index contributed by atoms with van der Waals surface area (Å²) in [5.74, 6) is 0. The molecule has 0 saturated heterocycles. The Labute approximate surface area is 108 Å². The first kappa shape index (κ1) is 12.4. The maximum absolute atomic E-state index is 5.68. The van der Waals surface area contributed by atoms with Gasteiger partial charge in [0.2, 0.25) is 0 Å². The van der Waals surface area contributed by atoms with Gasteiger partial charge in [-0.25, -0.2) is 4.57 Å². The van der Waals surface area contributed by atoms with E-state index >= 15 is 0 Å². The van der Waals surface area contributed by atoms with Crippen LogP contribution in [0, 0.1) is 0 Å². The summed E-state index contributed by atoms with van der Waals surface area (Å²) in [4.78, 5) is 0. The third-order valence-corrected chi connectivity index (χ3v) is 3.03. The van der Waals surface area contributed by atoms with E-state index in [-0.39, 0.29) is 0 Å². The lowest BCUT2D eigenvalue weighted by atomic mass is 10.1. The average molecular weight is 239 g/mol. The maximum atomic E-state index is 5.68. The van der Waals surface area contributed by atoms with Gasteiger partial charge in [0.1, 0.15) is 6.54 Å². The van der Waals surface area contributed by atoms with Crippen molar-refractivity contribution in [2.75, 3.05) is 5.73 Å². The van der Waals surface area contributed by atoms with E-state index in [1.165, 1.54) is 16.7 Å². The van der Waals surface area contributed by atoms with E-state index in [1.807, 2.05) is 24.3 Å². The van der Waals surface area contributed by atoms with Crippen LogP contribution in [0.3, 0.4) is 0 Å². The van der Waals surface area contributed by atoms with Gasteiger partial charge in [0.25, 0.3) is 0 Å². The first-order valence-electron chi connectivity index (χ1n) is 6.22. The summed E-state index contributed by atoms with van der Waals surface area (Å²) in [6, 6.07) is 12.2. The number of hydrogen-bond donors (Lipinski definition) is 1. The number of anilines is 1. The smallest absolute Gasteiger partial charge is 0.169 e. The van der Waals surface area contributed by atoms with Crippen molar-refractivity contribution >= 4 is 17.3 Å². The molecule has 1 aromatic carbocycles. The minimum absolute atomic E-state index is 0.800. The predicted molar refractivity (Wildman–Crippen MR) is 76.7 cm³/mol. The van der Waals surface area contributed by atoms with E-state index in [1.54, 1.807) is 0 Å². The van der Waals surface area contributed by atoms with Gasteiger partial charge in [0, 0.05) is 17.8 Å². The average Bonchev–Trinajstić information content (AvgIpc) is 2.41. The van der Waals surface area contributed by atoms with Gasteiger partial charge >= 0.3 is 0 Å². The van der Waals surface area contributed by atoms with E-state index in [9.17, 15) is 0 Å². The second-order valence-corrected chi connectivity index (χ2v) is 4.41. The molecule has 0 fully saturated rings. The van der Waals surface area contributed by atoms with Gasteiger partial charge in [-0.2, -0.15) is 0 Å². The zero-order valence-corrected chi connectivity index (χ0v) is 10.9. The van der Waals surface area contributed by atoms with Crippen molar-refractivity contribution in [3.05, 3.63) is 59.9 Å². The van der Waals surface area contributed by atoms with Crippen molar-refractivity contribution in [3.63, 3.8) is 0 Å². The predicted octanol–water partition coefficient (Wildman–Crippen LogP) is 3.14. The van der Waals surface area contributed by atoms with Gasteiger partial charge in [-0.05, 0) is 42.7 Å². The molecule has 1 heterocycles. The molecule has 2 nitrogen and oxygen atoms in total. The monoisotopic (exact) mass is 239 g/mol. The molecule has 1 aromatic heterocycles. The molecule has 0 aliphatic heterocycles. The highest BCUT2D eigenvalue weighted by molar-refractivity contribution is 5.80. The zero-order chi connectivity index (χ0) is 13.0. The number of allylic oxidation sites excluding steroid dienone is 1. The van der Waals surface area contributed by atoms with Crippen molar-refractivity contribution < 1.29 is 4.57 Å². The first-order valence-corrected chi connectivity index (χ1v) is 6.22. The molecule has 0 atom stereocenters. The lowest BCUT2D eigenvalue weighted by Gasteiger charge is -2.02. The number of pyridine rings is 1. The topological polar surface area (TPSA) is 29.9 Å². The number of nitrogens with zero attached hydrogens (tertiary/aromatic N) is 1. The van der Waals surface area contributed by atoms with Gasteiger partial charge in [0.05, 0.1) is 0 Å². The standard InChI is InChI=1S/C16H18N2/c1-3-18-10-8-15(9-11-18)13(2)12-14-4-6-16(17)7-5-14/h4-12,17H,3H2,1-2H3/p+1. The minimum Gasteiger partial charge on any atom is -0.399 e. The normalized spacial score (nSPS) is 11.6. The van der Waals surface area contributed by atoms with Gasteiger partial charge in [0.15, 0.2) is 12.4 Å². The Kier molecular flexibility index (Phi) is 3.78. The Morgan fingerprint density at radius 1 is 1.11 bits per heavy atom. The molecule has 2 rings (SSSR count). The van der Waals surface area contributed by atoms with Crippen LogP contribution in [-0.2, 0) is 6.54 Å². The summed E-state index contributed by atoms with van der Waals surface area (Å²) in [5.41, 5.74) is 10.2. The fraction of sp³-hybridized carbons (Fsp3) is 0.188. The van der Waals surface area contributed by atoms with Crippen LogP contribution in [0.15, 0.2) is 48.8 Å². The molecule has 18 heavy (non-hydrogen) atoms. The number of hydrogen-bond acceptors (Lipinski definition) is 1. The summed E-state index contributed by atoms with van der Waals surface area (Å²) in [5, 5.41) is 0. The highest BCUT2D eigenvalue weighted by atomic mass is 14.9. The van der Waals surface area contributed by atoms with E-state index < -0.39 is 0 Å². The summed E-state index contributed by atoms with van der Waals surface area (Å²) in [7, 11) is 0. The molecule has 0 saturated carbocycles. The van der Waals surface area contributed by atoms with E-state index in [4.69, 9.17) is 5.73 Å². The number of nitrogen functional groups attached to an aromatic ring is 1. The number of benzene rings is 1. The largest absolute Gasteiger partial charge is 0.399 e. The molecule has 2 aromatic rings. The van der Waals surface area contributed by atoms with E-state index in [0.717, 1.165) is 12.2 Å². The fourth-order valence-corrected chi connectivity index (χ4v) is 1.86. The zero-order valence-electron chi connectivity index (χ0n) is 10.9. The summed E-state index contributed by atoms with van der Waals surface area (Å²) >= 11 is 0. The summed E-state index contributed by atoms with van der Waals surface area (Å²) in [6.45, 7) is 5.26. The molecule has 0 spiro atoms. The summed E-state index contributed by atoms with van der Waals surface area (Å²) < 4.78 is 2.15.